The van der Waals surface area contributed by atoms with Crippen molar-refractivity contribution in [3.63, 3.8) is 0 Å². The number of hydrogen-bond donors (Lipinski definition) is 2. The number of nitrogens with one attached hydrogen (secondary N) is 2. The van der Waals surface area contributed by atoms with Crippen LogP contribution in [-0.2, 0) is 6.54 Å². The standard InChI is InChI=1S/C16H16F2N2OS/c1-11-4-2-3-5-12(11)10-19-16(22)20-13-6-8-14(9-7-13)21-15(17)18/h2-9,15H,10H2,1H3,(H2,19,20,22). The Kier molecular flexibility index (Phi) is 5.66. The molecule has 0 atom stereocenters. The highest BCUT2D eigenvalue weighted by atomic mass is 32.1. The molecule has 0 aliphatic rings. The largest absolute Gasteiger partial charge is 0.435 e. The molecule has 116 valence electrons. The van der Waals surface area contributed by atoms with E-state index in [2.05, 4.69) is 15.4 Å². The number of aryl methyl sites for hydroxylation is 1. The lowest BCUT2D eigenvalue weighted by molar-refractivity contribution is -0.0498. The van der Waals surface area contributed by atoms with Crippen LogP contribution in [0.1, 0.15) is 11.1 Å². The molecule has 0 aliphatic heterocycles. The number of thiocarbonyl (C=S) groups is 1. The van der Waals surface area contributed by atoms with E-state index < -0.39 is 6.61 Å². The molecule has 2 aromatic rings. The summed E-state index contributed by atoms with van der Waals surface area (Å²) in [5.41, 5.74) is 3.04. The van der Waals surface area contributed by atoms with Crippen molar-refractivity contribution >= 4 is 23.0 Å². The first-order valence-corrected chi connectivity index (χ1v) is 7.09. The van der Waals surface area contributed by atoms with Gasteiger partial charge in [-0.3, -0.25) is 0 Å². The fourth-order valence-electron chi connectivity index (χ4n) is 1.88. The summed E-state index contributed by atoms with van der Waals surface area (Å²) in [6, 6.07) is 14.2. The van der Waals surface area contributed by atoms with Crippen molar-refractivity contribution in [1.82, 2.24) is 5.32 Å². The molecule has 0 heterocycles. The molecule has 0 unspecified atom stereocenters. The van der Waals surface area contributed by atoms with Crippen LogP contribution in [0.4, 0.5) is 14.5 Å². The fourth-order valence-corrected chi connectivity index (χ4v) is 2.07. The zero-order valence-corrected chi connectivity index (χ0v) is 12.8. The van der Waals surface area contributed by atoms with E-state index in [4.69, 9.17) is 12.2 Å². The number of benzene rings is 2. The Hall–Kier alpha value is -2.21. The second-order valence-corrected chi connectivity index (χ2v) is 5.05. The molecule has 2 rings (SSSR count). The quantitative estimate of drug-likeness (QED) is 0.813. The number of ether oxygens (including phenoxy) is 1. The average Bonchev–Trinajstić information content (AvgIpc) is 2.48. The maximum Gasteiger partial charge on any atom is 0.387 e. The Morgan fingerprint density at radius 2 is 1.82 bits per heavy atom. The molecule has 2 N–H and O–H groups in total. The highest BCUT2D eigenvalue weighted by molar-refractivity contribution is 7.80. The Morgan fingerprint density at radius 3 is 2.45 bits per heavy atom. The second-order valence-electron chi connectivity index (χ2n) is 4.64. The van der Waals surface area contributed by atoms with Gasteiger partial charge in [0.2, 0.25) is 0 Å². The van der Waals surface area contributed by atoms with Gasteiger partial charge in [-0.15, -0.1) is 0 Å². The number of anilines is 1. The van der Waals surface area contributed by atoms with Crippen LogP contribution in [-0.4, -0.2) is 11.7 Å². The predicted molar refractivity (Wildman–Crippen MR) is 87.3 cm³/mol. The van der Waals surface area contributed by atoms with Crippen molar-refractivity contribution < 1.29 is 13.5 Å². The van der Waals surface area contributed by atoms with Crippen molar-refractivity contribution in [3.05, 3.63) is 59.7 Å². The summed E-state index contributed by atoms with van der Waals surface area (Å²) in [5.74, 6) is 0.110. The number of rotatable bonds is 5. The first-order chi connectivity index (χ1) is 10.5. The molecule has 0 saturated carbocycles. The first kappa shape index (κ1) is 16.2. The molecule has 0 aliphatic carbocycles. The van der Waals surface area contributed by atoms with E-state index in [1.165, 1.54) is 17.7 Å². The van der Waals surface area contributed by atoms with Crippen LogP contribution >= 0.6 is 12.2 Å². The minimum Gasteiger partial charge on any atom is -0.435 e. The molecule has 0 amide bonds. The van der Waals surface area contributed by atoms with Crippen LogP contribution in [0, 0.1) is 6.92 Å². The zero-order chi connectivity index (χ0) is 15.9. The minimum atomic E-state index is -2.82. The predicted octanol–water partition coefficient (Wildman–Crippen LogP) is 4.08. The van der Waals surface area contributed by atoms with Crippen molar-refractivity contribution in [2.75, 3.05) is 5.32 Å². The van der Waals surface area contributed by atoms with Crippen molar-refractivity contribution in [2.45, 2.75) is 20.1 Å². The van der Waals surface area contributed by atoms with E-state index in [-0.39, 0.29) is 5.75 Å². The van der Waals surface area contributed by atoms with Crippen LogP contribution < -0.4 is 15.4 Å². The third-order valence-corrected chi connectivity index (χ3v) is 3.28. The monoisotopic (exact) mass is 322 g/mol. The summed E-state index contributed by atoms with van der Waals surface area (Å²) in [6.07, 6.45) is 0. The van der Waals surface area contributed by atoms with Gasteiger partial charge in [-0.1, -0.05) is 24.3 Å². The Labute approximate surface area is 133 Å². The van der Waals surface area contributed by atoms with Gasteiger partial charge in [0.25, 0.3) is 0 Å². The molecular weight excluding hydrogens is 306 g/mol. The van der Waals surface area contributed by atoms with Gasteiger partial charge in [0.15, 0.2) is 5.11 Å². The SMILES string of the molecule is Cc1ccccc1CNC(=S)Nc1ccc(OC(F)F)cc1. The van der Waals surface area contributed by atoms with Crippen LogP contribution in [0.25, 0.3) is 0 Å². The van der Waals surface area contributed by atoms with Gasteiger partial charge in [-0.2, -0.15) is 8.78 Å². The van der Waals surface area contributed by atoms with Gasteiger partial charge < -0.3 is 15.4 Å². The van der Waals surface area contributed by atoms with Crippen LogP contribution in [0.15, 0.2) is 48.5 Å². The van der Waals surface area contributed by atoms with Crippen LogP contribution in [0.5, 0.6) is 5.75 Å². The summed E-state index contributed by atoms with van der Waals surface area (Å²) in [5, 5.41) is 6.56. The van der Waals surface area contributed by atoms with Crippen molar-refractivity contribution in [1.29, 1.82) is 0 Å². The summed E-state index contributed by atoms with van der Waals surface area (Å²) in [7, 11) is 0. The molecule has 22 heavy (non-hydrogen) atoms. The molecule has 0 spiro atoms. The number of halogens is 2. The Balaban J connectivity index is 1.85. The third kappa shape index (κ3) is 4.96. The molecule has 2 aromatic carbocycles. The maximum atomic E-state index is 12.1. The summed E-state index contributed by atoms with van der Waals surface area (Å²) >= 11 is 5.21. The fraction of sp³-hybridized carbons (Fsp3) is 0.188. The van der Waals surface area contributed by atoms with Crippen molar-refractivity contribution in [2.24, 2.45) is 0 Å². The van der Waals surface area contributed by atoms with Crippen LogP contribution in [0.2, 0.25) is 0 Å². The average molecular weight is 322 g/mol. The molecule has 0 aromatic heterocycles. The van der Waals surface area contributed by atoms with Gasteiger partial charge in [0.1, 0.15) is 5.75 Å². The zero-order valence-electron chi connectivity index (χ0n) is 12.0. The lowest BCUT2D eigenvalue weighted by Crippen LogP contribution is -2.28. The van der Waals surface area contributed by atoms with Crippen molar-refractivity contribution in [3.8, 4) is 5.75 Å². The smallest absolute Gasteiger partial charge is 0.387 e. The lowest BCUT2D eigenvalue weighted by atomic mass is 10.1. The van der Waals surface area contributed by atoms with E-state index in [0.29, 0.717) is 17.3 Å². The van der Waals surface area contributed by atoms with E-state index in [1.54, 1.807) is 12.1 Å². The van der Waals surface area contributed by atoms with Crippen LogP contribution in [0.3, 0.4) is 0 Å². The first-order valence-electron chi connectivity index (χ1n) is 6.69. The van der Waals surface area contributed by atoms with Gasteiger partial charge >= 0.3 is 6.61 Å². The summed E-state index contributed by atoms with van der Waals surface area (Å²) < 4.78 is 28.4. The molecule has 0 radical (unpaired) electrons. The molecular formula is C16H16F2N2OS. The molecule has 0 fully saturated rings. The second kappa shape index (κ2) is 7.70. The van der Waals surface area contributed by atoms with E-state index in [9.17, 15) is 8.78 Å². The van der Waals surface area contributed by atoms with Gasteiger partial charge in [0, 0.05) is 12.2 Å². The number of hydrogen-bond acceptors (Lipinski definition) is 2. The van der Waals surface area contributed by atoms with Gasteiger partial charge in [-0.25, -0.2) is 0 Å². The maximum absolute atomic E-state index is 12.1. The molecule has 3 nitrogen and oxygen atoms in total. The topological polar surface area (TPSA) is 33.3 Å². The van der Waals surface area contributed by atoms with E-state index >= 15 is 0 Å². The Morgan fingerprint density at radius 1 is 1.14 bits per heavy atom. The minimum absolute atomic E-state index is 0.110. The molecule has 6 heteroatoms. The number of alkyl halides is 2. The van der Waals surface area contributed by atoms with Gasteiger partial charge in [-0.05, 0) is 54.5 Å². The normalized spacial score (nSPS) is 10.4. The third-order valence-electron chi connectivity index (χ3n) is 3.04. The van der Waals surface area contributed by atoms with E-state index in [0.717, 1.165) is 5.56 Å². The Bertz CT molecular complexity index is 632. The van der Waals surface area contributed by atoms with E-state index in [1.807, 2.05) is 31.2 Å². The summed E-state index contributed by atoms with van der Waals surface area (Å²) in [6.45, 7) is -0.170. The molecule has 0 saturated heterocycles. The van der Waals surface area contributed by atoms with Gasteiger partial charge in [0.05, 0.1) is 0 Å². The highest BCUT2D eigenvalue weighted by Gasteiger charge is 2.04. The lowest BCUT2D eigenvalue weighted by Gasteiger charge is -2.12. The highest BCUT2D eigenvalue weighted by Crippen LogP contribution is 2.17. The summed E-state index contributed by atoms with van der Waals surface area (Å²) in [4.78, 5) is 0. The molecule has 0 bridgehead atoms.